The topological polar surface area (TPSA) is 35.6 Å². The van der Waals surface area contributed by atoms with Gasteiger partial charge in [0.05, 0.1) is 6.54 Å². The van der Waals surface area contributed by atoms with Crippen molar-refractivity contribution in [2.75, 3.05) is 39.3 Å². The Kier molecular flexibility index (Phi) is 7.07. The Hall–Kier alpha value is -1.65. The highest BCUT2D eigenvalue weighted by atomic mass is 16.2. The van der Waals surface area contributed by atoms with Crippen LogP contribution in [0.15, 0.2) is 36.4 Å². The predicted octanol–water partition coefficient (Wildman–Crippen LogP) is 2.77. The number of nitrogens with one attached hydrogen (secondary N) is 1. The first-order valence-corrected chi connectivity index (χ1v) is 9.75. The lowest BCUT2D eigenvalue weighted by atomic mass is 9.95. The summed E-state index contributed by atoms with van der Waals surface area (Å²) in [5, 5.41) is 3.22. The fourth-order valence-corrected chi connectivity index (χ4v) is 3.76. The summed E-state index contributed by atoms with van der Waals surface area (Å²) < 4.78 is 0. The average molecular weight is 341 g/mol. The Bertz CT molecular complexity index is 544. The van der Waals surface area contributed by atoms with Crippen molar-refractivity contribution in [1.29, 1.82) is 0 Å². The minimum atomic E-state index is 0.212. The van der Waals surface area contributed by atoms with Gasteiger partial charge in [0, 0.05) is 38.8 Å². The van der Waals surface area contributed by atoms with Crippen LogP contribution in [0.5, 0.6) is 0 Å². The van der Waals surface area contributed by atoms with Crippen molar-refractivity contribution < 1.29 is 4.79 Å². The Labute approximate surface area is 151 Å². The molecule has 136 valence electrons. The first-order valence-electron chi connectivity index (χ1n) is 9.75. The normalized spacial score (nSPS) is 20.8. The molecule has 1 saturated carbocycles. The van der Waals surface area contributed by atoms with Gasteiger partial charge in [0.25, 0.3) is 0 Å². The maximum atomic E-state index is 12.2. The molecule has 1 heterocycles. The van der Waals surface area contributed by atoms with Gasteiger partial charge >= 0.3 is 0 Å². The van der Waals surface area contributed by atoms with Gasteiger partial charge in [-0.15, -0.1) is 0 Å². The summed E-state index contributed by atoms with van der Waals surface area (Å²) >= 11 is 0. The van der Waals surface area contributed by atoms with Crippen LogP contribution in [0.25, 0.3) is 6.08 Å². The van der Waals surface area contributed by atoms with Crippen molar-refractivity contribution in [3.63, 3.8) is 0 Å². The first-order chi connectivity index (χ1) is 12.3. The molecule has 1 aliphatic heterocycles. The van der Waals surface area contributed by atoms with E-state index in [0.717, 1.165) is 45.6 Å². The fraction of sp³-hybridized carbons (Fsp3) is 0.571. The molecular weight excluding hydrogens is 310 g/mol. The summed E-state index contributed by atoms with van der Waals surface area (Å²) in [6.45, 7) is 5.58. The Balaban J connectivity index is 1.32. The lowest BCUT2D eigenvalue weighted by Gasteiger charge is -2.34. The molecular formula is C21H31N3O. The minimum Gasteiger partial charge on any atom is -0.352 e. The van der Waals surface area contributed by atoms with Gasteiger partial charge in [-0.3, -0.25) is 14.6 Å². The van der Waals surface area contributed by atoms with Crippen LogP contribution in [0.1, 0.15) is 37.7 Å². The van der Waals surface area contributed by atoms with Gasteiger partial charge in [-0.25, -0.2) is 0 Å². The van der Waals surface area contributed by atoms with E-state index in [1.165, 1.54) is 24.8 Å². The summed E-state index contributed by atoms with van der Waals surface area (Å²) in [4.78, 5) is 17.0. The largest absolute Gasteiger partial charge is 0.352 e. The molecule has 0 unspecified atom stereocenters. The van der Waals surface area contributed by atoms with E-state index in [2.05, 4.69) is 51.5 Å². The standard InChI is InChI=1S/C21H31N3O/c25-21(22-20-11-5-2-6-12-20)18-24-16-14-23(15-17-24)13-7-10-19-8-3-1-4-9-19/h1,3-4,7-10,20H,2,5-6,11-18H2,(H,22,25). The molecule has 1 N–H and O–H groups in total. The molecule has 2 aliphatic rings. The molecule has 1 aromatic rings. The molecule has 1 aliphatic carbocycles. The van der Waals surface area contributed by atoms with Crippen molar-refractivity contribution in [3.05, 3.63) is 42.0 Å². The quantitative estimate of drug-likeness (QED) is 0.864. The number of nitrogens with zero attached hydrogens (tertiary/aromatic N) is 2. The summed E-state index contributed by atoms with van der Waals surface area (Å²) in [6.07, 6.45) is 10.6. The number of piperazine rings is 1. The molecule has 1 aromatic carbocycles. The van der Waals surface area contributed by atoms with Gasteiger partial charge in [-0.2, -0.15) is 0 Å². The first kappa shape index (κ1) is 18.2. The molecule has 0 aromatic heterocycles. The Morgan fingerprint density at radius 3 is 2.40 bits per heavy atom. The summed E-state index contributed by atoms with van der Waals surface area (Å²) in [5.41, 5.74) is 1.25. The monoisotopic (exact) mass is 341 g/mol. The smallest absolute Gasteiger partial charge is 0.234 e. The number of hydrogen-bond donors (Lipinski definition) is 1. The maximum absolute atomic E-state index is 12.2. The number of benzene rings is 1. The van der Waals surface area contributed by atoms with E-state index in [0.29, 0.717) is 12.6 Å². The van der Waals surface area contributed by atoms with Crippen molar-refractivity contribution in [2.45, 2.75) is 38.1 Å². The molecule has 0 bridgehead atoms. The number of hydrogen-bond acceptors (Lipinski definition) is 3. The van der Waals surface area contributed by atoms with Gasteiger partial charge in [-0.1, -0.05) is 61.7 Å². The Morgan fingerprint density at radius 2 is 1.68 bits per heavy atom. The third-order valence-electron chi connectivity index (χ3n) is 5.28. The van der Waals surface area contributed by atoms with Gasteiger partial charge < -0.3 is 5.32 Å². The highest BCUT2D eigenvalue weighted by molar-refractivity contribution is 5.78. The average Bonchev–Trinajstić information content (AvgIpc) is 2.65. The second kappa shape index (κ2) is 9.73. The van der Waals surface area contributed by atoms with E-state index >= 15 is 0 Å². The zero-order valence-electron chi connectivity index (χ0n) is 15.2. The summed E-state index contributed by atoms with van der Waals surface area (Å²) in [6, 6.07) is 10.8. The van der Waals surface area contributed by atoms with E-state index in [4.69, 9.17) is 0 Å². The van der Waals surface area contributed by atoms with Crippen molar-refractivity contribution >= 4 is 12.0 Å². The van der Waals surface area contributed by atoms with E-state index in [9.17, 15) is 4.79 Å². The van der Waals surface area contributed by atoms with Gasteiger partial charge in [-0.05, 0) is 18.4 Å². The molecule has 3 rings (SSSR count). The second-order valence-corrected chi connectivity index (χ2v) is 7.29. The van der Waals surface area contributed by atoms with E-state index < -0.39 is 0 Å². The molecule has 0 spiro atoms. The third-order valence-corrected chi connectivity index (χ3v) is 5.28. The molecule has 4 nitrogen and oxygen atoms in total. The predicted molar refractivity (Wildman–Crippen MR) is 103 cm³/mol. The SMILES string of the molecule is O=C(CN1CCN(CC=Cc2ccccc2)CC1)NC1CCCCC1. The van der Waals surface area contributed by atoms with Crippen LogP contribution in [0.4, 0.5) is 0 Å². The third kappa shape index (κ3) is 6.29. The van der Waals surface area contributed by atoms with Crippen LogP contribution in [0.3, 0.4) is 0 Å². The van der Waals surface area contributed by atoms with Crippen molar-refractivity contribution in [2.24, 2.45) is 0 Å². The number of carbonyl (C=O) groups excluding carboxylic acids is 1. The molecule has 25 heavy (non-hydrogen) atoms. The van der Waals surface area contributed by atoms with Crippen LogP contribution in [-0.2, 0) is 4.79 Å². The number of carbonyl (C=O) groups is 1. The van der Waals surface area contributed by atoms with Crippen molar-refractivity contribution in [3.8, 4) is 0 Å². The molecule has 0 atom stereocenters. The van der Waals surface area contributed by atoms with Crippen LogP contribution in [0, 0.1) is 0 Å². The highest BCUT2D eigenvalue weighted by Crippen LogP contribution is 2.17. The molecule has 2 fully saturated rings. The van der Waals surface area contributed by atoms with E-state index in [-0.39, 0.29) is 5.91 Å². The van der Waals surface area contributed by atoms with E-state index in [1.54, 1.807) is 0 Å². The second-order valence-electron chi connectivity index (χ2n) is 7.29. The summed E-state index contributed by atoms with van der Waals surface area (Å²) in [5.74, 6) is 0.212. The van der Waals surface area contributed by atoms with Gasteiger partial charge in [0.1, 0.15) is 0 Å². The lowest BCUT2D eigenvalue weighted by Crippen LogP contribution is -2.50. The molecule has 0 radical (unpaired) electrons. The zero-order chi connectivity index (χ0) is 17.3. The number of rotatable bonds is 6. The molecule has 1 saturated heterocycles. The van der Waals surface area contributed by atoms with Crippen LogP contribution in [0.2, 0.25) is 0 Å². The van der Waals surface area contributed by atoms with Crippen LogP contribution in [-0.4, -0.2) is 61.0 Å². The lowest BCUT2D eigenvalue weighted by molar-refractivity contribution is -0.123. The molecule has 1 amide bonds. The maximum Gasteiger partial charge on any atom is 0.234 e. The Morgan fingerprint density at radius 1 is 1.00 bits per heavy atom. The highest BCUT2D eigenvalue weighted by Gasteiger charge is 2.20. The van der Waals surface area contributed by atoms with Crippen LogP contribution < -0.4 is 5.32 Å². The van der Waals surface area contributed by atoms with E-state index in [1.807, 2.05) is 6.07 Å². The van der Waals surface area contributed by atoms with Gasteiger partial charge in [0.2, 0.25) is 5.91 Å². The van der Waals surface area contributed by atoms with Crippen LogP contribution >= 0.6 is 0 Å². The van der Waals surface area contributed by atoms with Gasteiger partial charge in [0.15, 0.2) is 0 Å². The minimum absolute atomic E-state index is 0.212. The fourth-order valence-electron chi connectivity index (χ4n) is 3.76. The zero-order valence-corrected chi connectivity index (χ0v) is 15.2. The molecule has 4 heteroatoms. The summed E-state index contributed by atoms with van der Waals surface area (Å²) in [7, 11) is 0. The number of amides is 1. The van der Waals surface area contributed by atoms with Crippen molar-refractivity contribution in [1.82, 2.24) is 15.1 Å².